The Balaban J connectivity index is 2.56. The molecule has 2 rings (SSSR count). The second kappa shape index (κ2) is 3.37. The van der Waals surface area contributed by atoms with Gasteiger partial charge in [-0.05, 0) is 46.5 Å². The van der Waals surface area contributed by atoms with E-state index in [0.29, 0.717) is 18.4 Å². The molecule has 3 N–H and O–H groups in total. The molecule has 0 aliphatic heterocycles. The Morgan fingerprint density at radius 3 is 2.31 bits per heavy atom. The van der Waals surface area contributed by atoms with Crippen molar-refractivity contribution >= 4 is 15.9 Å². The van der Waals surface area contributed by atoms with E-state index in [1.807, 2.05) is 0 Å². The summed E-state index contributed by atoms with van der Waals surface area (Å²) < 4.78 is 37.8. The van der Waals surface area contributed by atoms with Crippen molar-refractivity contribution in [2.45, 2.75) is 24.6 Å². The highest BCUT2D eigenvalue weighted by atomic mass is 79.9. The number of hydrogen-bond acceptors (Lipinski definition) is 2. The molecular weight excluding hydrogens is 287 g/mol. The molecule has 0 radical (unpaired) electrons. The molecule has 1 aromatic rings. The van der Waals surface area contributed by atoms with Crippen LogP contribution in [-0.2, 0) is 11.7 Å². The van der Waals surface area contributed by atoms with Gasteiger partial charge in [-0.15, -0.1) is 0 Å². The zero-order chi connectivity index (χ0) is 12.1. The summed E-state index contributed by atoms with van der Waals surface area (Å²) in [4.78, 5) is 0. The molecular formula is C10H9BrF3NO. The smallest absolute Gasteiger partial charge is 0.420 e. The molecule has 0 bridgehead atoms. The van der Waals surface area contributed by atoms with Gasteiger partial charge in [-0.25, -0.2) is 0 Å². The first-order chi connectivity index (χ1) is 7.24. The second-order valence-corrected chi connectivity index (χ2v) is 4.86. The third-order valence-electron chi connectivity index (χ3n) is 2.73. The van der Waals surface area contributed by atoms with E-state index in [2.05, 4.69) is 15.9 Å². The summed E-state index contributed by atoms with van der Waals surface area (Å²) in [5.74, 6) is -0.791. The lowest BCUT2D eigenvalue weighted by Crippen LogP contribution is -2.20. The van der Waals surface area contributed by atoms with Gasteiger partial charge in [0.25, 0.3) is 0 Å². The number of phenolic OH excluding ortho intramolecular Hbond substituents is 1. The van der Waals surface area contributed by atoms with Crippen LogP contribution in [0.15, 0.2) is 16.6 Å². The fourth-order valence-electron chi connectivity index (χ4n) is 1.53. The summed E-state index contributed by atoms with van der Waals surface area (Å²) in [7, 11) is 0. The number of halogens is 4. The van der Waals surface area contributed by atoms with Crippen LogP contribution >= 0.6 is 15.9 Å². The molecule has 6 heteroatoms. The van der Waals surface area contributed by atoms with Crippen molar-refractivity contribution < 1.29 is 18.3 Å². The van der Waals surface area contributed by atoms with Gasteiger partial charge in [0.15, 0.2) is 0 Å². The van der Waals surface area contributed by atoms with E-state index in [1.165, 1.54) is 6.07 Å². The van der Waals surface area contributed by atoms with Gasteiger partial charge in [0.1, 0.15) is 5.75 Å². The SMILES string of the molecule is NC1(c2cc(Br)c(O)c(C(F)(F)F)c2)CC1. The molecule has 88 valence electrons. The monoisotopic (exact) mass is 295 g/mol. The summed E-state index contributed by atoms with van der Waals surface area (Å²) in [5.41, 5.74) is 4.53. The Bertz CT molecular complexity index is 440. The number of rotatable bonds is 1. The van der Waals surface area contributed by atoms with Crippen LogP contribution in [0.4, 0.5) is 13.2 Å². The first kappa shape index (κ1) is 11.7. The number of alkyl halides is 3. The lowest BCUT2D eigenvalue weighted by atomic mass is 10.0. The molecule has 16 heavy (non-hydrogen) atoms. The van der Waals surface area contributed by atoms with Crippen LogP contribution in [0.1, 0.15) is 24.0 Å². The molecule has 2 nitrogen and oxygen atoms in total. The Kier molecular flexibility index (Phi) is 2.47. The highest BCUT2D eigenvalue weighted by Gasteiger charge is 2.43. The van der Waals surface area contributed by atoms with E-state index in [1.54, 1.807) is 0 Å². The molecule has 0 unspecified atom stereocenters. The fourth-order valence-corrected chi connectivity index (χ4v) is 1.99. The average molecular weight is 296 g/mol. The third-order valence-corrected chi connectivity index (χ3v) is 3.34. The van der Waals surface area contributed by atoms with E-state index in [9.17, 15) is 18.3 Å². The maximum atomic E-state index is 12.6. The van der Waals surface area contributed by atoms with Crippen molar-refractivity contribution in [2.24, 2.45) is 5.73 Å². The molecule has 0 saturated heterocycles. The quantitative estimate of drug-likeness (QED) is 0.836. The van der Waals surface area contributed by atoms with Gasteiger partial charge in [-0.3, -0.25) is 0 Å². The van der Waals surface area contributed by atoms with Crippen LogP contribution in [0, 0.1) is 0 Å². The maximum absolute atomic E-state index is 12.6. The van der Waals surface area contributed by atoms with Crippen LogP contribution in [0.3, 0.4) is 0 Å². The molecule has 1 saturated carbocycles. The van der Waals surface area contributed by atoms with E-state index in [-0.39, 0.29) is 4.47 Å². The van der Waals surface area contributed by atoms with E-state index < -0.39 is 23.0 Å². The van der Waals surface area contributed by atoms with Gasteiger partial charge in [0.2, 0.25) is 0 Å². The van der Waals surface area contributed by atoms with Crippen molar-refractivity contribution in [1.29, 1.82) is 0 Å². The van der Waals surface area contributed by atoms with E-state index in [0.717, 1.165) is 6.07 Å². The normalized spacial score (nSPS) is 18.6. The van der Waals surface area contributed by atoms with Crippen LogP contribution in [-0.4, -0.2) is 5.11 Å². The topological polar surface area (TPSA) is 46.2 Å². The molecule has 1 fully saturated rings. The molecule has 0 spiro atoms. The van der Waals surface area contributed by atoms with Gasteiger partial charge >= 0.3 is 6.18 Å². The second-order valence-electron chi connectivity index (χ2n) is 4.01. The lowest BCUT2D eigenvalue weighted by molar-refractivity contribution is -0.138. The van der Waals surface area contributed by atoms with Crippen molar-refractivity contribution in [3.05, 3.63) is 27.7 Å². The van der Waals surface area contributed by atoms with Gasteiger partial charge in [-0.2, -0.15) is 13.2 Å². The standard InChI is InChI=1S/C10H9BrF3NO/c11-7-4-5(9(15)1-2-9)3-6(8(7)16)10(12,13)14/h3-4,16H,1-2,15H2. The summed E-state index contributed by atoms with van der Waals surface area (Å²) >= 11 is 2.90. The van der Waals surface area contributed by atoms with Crippen LogP contribution in [0.2, 0.25) is 0 Å². The summed E-state index contributed by atoms with van der Waals surface area (Å²) in [5, 5.41) is 9.34. The maximum Gasteiger partial charge on any atom is 0.420 e. The minimum absolute atomic E-state index is 0.0223. The van der Waals surface area contributed by atoms with Gasteiger partial charge in [-0.1, -0.05) is 0 Å². The minimum atomic E-state index is -4.58. The van der Waals surface area contributed by atoms with Crippen molar-refractivity contribution in [3.8, 4) is 5.75 Å². The Labute approximate surface area is 98.4 Å². The van der Waals surface area contributed by atoms with Gasteiger partial charge < -0.3 is 10.8 Å². The number of benzene rings is 1. The third kappa shape index (κ3) is 1.91. The highest BCUT2D eigenvalue weighted by Crippen LogP contribution is 2.48. The highest BCUT2D eigenvalue weighted by molar-refractivity contribution is 9.10. The predicted molar refractivity (Wildman–Crippen MR) is 55.9 cm³/mol. The molecule has 0 heterocycles. The first-order valence-corrected chi connectivity index (χ1v) is 5.42. The molecule has 1 aliphatic carbocycles. The molecule has 1 aliphatic rings. The van der Waals surface area contributed by atoms with Crippen LogP contribution < -0.4 is 5.73 Å². The Morgan fingerprint density at radius 2 is 1.88 bits per heavy atom. The molecule has 0 aromatic heterocycles. The Hall–Kier alpha value is -0.750. The summed E-state index contributed by atoms with van der Waals surface area (Å²) in [6, 6.07) is 2.37. The van der Waals surface area contributed by atoms with Crippen molar-refractivity contribution in [1.82, 2.24) is 0 Å². The minimum Gasteiger partial charge on any atom is -0.506 e. The summed E-state index contributed by atoms with van der Waals surface area (Å²) in [6.45, 7) is 0. The van der Waals surface area contributed by atoms with Gasteiger partial charge in [0.05, 0.1) is 10.0 Å². The number of aromatic hydroxyl groups is 1. The fraction of sp³-hybridized carbons (Fsp3) is 0.400. The predicted octanol–water partition coefficient (Wildman–Crippen LogP) is 3.12. The van der Waals surface area contributed by atoms with E-state index >= 15 is 0 Å². The molecule has 0 atom stereocenters. The zero-order valence-electron chi connectivity index (χ0n) is 8.11. The zero-order valence-corrected chi connectivity index (χ0v) is 9.69. The van der Waals surface area contributed by atoms with Crippen molar-refractivity contribution in [3.63, 3.8) is 0 Å². The average Bonchev–Trinajstić information content (AvgIpc) is 2.87. The summed E-state index contributed by atoms with van der Waals surface area (Å²) in [6.07, 6.45) is -3.24. The number of nitrogens with two attached hydrogens (primary N) is 1. The van der Waals surface area contributed by atoms with Crippen LogP contribution in [0.25, 0.3) is 0 Å². The lowest BCUT2D eigenvalue weighted by Gasteiger charge is -2.15. The first-order valence-electron chi connectivity index (χ1n) is 4.63. The number of phenols is 1. The Morgan fingerprint density at radius 1 is 1.31 bits per heavy atom. The van der Waals surface area contributed by atoms with Crippen LogP contribution in [0.5, 0.6) is 5.75 Å². The number of hydrogen-bond donors (Lipinski definition) is 2. The largest absolute Gasteiger partial charge is 0.506 e. The van der Waals surface area contributed by atoms with Crippen molar-refractivity contribution in [2.75, 3.05) is 0 Å². The van der Waals surface area contributed by atoms with E-state index in [4.69, 9.17) is 5.73 Å². The molecule has 0 amide bonds. The molecule has 1 aromatic carbocycles. The van der Waals surface area contributed by atoms with Gasteiger partial charge in [0, 0.05) is 5.54 Å².